The zero-order chi connectivity index (χ0) is 12.2. The Balaban J connectivity index is 2.66. The van der Waals surface area contributed by atoms with Crippen molar-refractivity contribution in [1.29, 1.82) is 0 Å². The molecular formula is C7H14N6O2S. The van der Waals surface area contributed by atoms with Gasteiger partial charge in [-0.25, -0.2) is 24.4 Å². The van der Waals surface area contributed by atoms with Gasteiger partial charge in [-0.15, -0.1) is 0 Å². The predicted molar refractivity (Wildman–Crippen MR) is 61.0 cm³/mol. The highest BCUT2D eigenvalue weighted by atomic mass is 32.2. The highest BCUT2D eigenvalue weighted by Gasteiger charge is 2.05. The standard InChI is InChI=1S/C7H14N6O2S/c1-5-4-11-7(13-8)12-6(5)10-2-3-16(9,14)15/h4H,2-3,8H2,1H3,(H2,9,14,15)(H2,10,11,12,13). The molecule has 8 nitrogen and oxygen atoms in total. The average molecular weight is 246 g/mol. The number of nitrogens with zero attached hydrogens (tertiary/aromatic N) is 2. The second-order valence-electron chi connectivity index (χ2n) is 3.16. The normalized spacial score (nSPS) is 11.2. The minimum atomic E-state index is -3.47. The second kappa shape index (κ2) is 5.05. The SMILES string of the molecule is Cc1cnc(NN)nc1NCCS(N)(=O)=O. The van der Waals surface area contributed by atoms with Crippen LogP contribution in [-0.4, -0.2) is 30.7 Å². The van der Waals surface area contributed by atoms with Crippen molar-refractivity contribution in [3.63, 3.8) is 0 Å². The number of aromatic nitrogens is 2. The van der Waals surface area contributed by atoms with E-state index >= 15 is 0 Å². The third kappa shape index (κ3) is 3.96. The predicted octanol–water partition coefficient (Wildman–Crippen LogP) is -1.23. The first-order valence-electron chi connectivity index (χ1n) is 4.47. The quantitative estimate of drug-likeness (QED) is 0.377. The van der Waals surface area contributed by atoms with Gasteiger partial charge in [0.05, 0.1) is 5.75 Å². The molecule has 0 amide bonds. The molecule has 0 saturated heterocycles. The summed E-state index contributed by atoms with van der Waals surface area (Å²) in [5.74, 6) is 5.76. The van der Waals surface area contributed by atoms with E-state index in [2.05, 4.69) is 20.7 Å². The maximum absolute atomic E-state index is 10.7. The molecule has 90 valence electrons. The van der Waals surface area contributed by atoms with Crippen LogP contribution in [0.15, 0.2) is 6.20 Å². The minimum Gasteiger partial charge on any atom is -0.369 e. The molecule has 1 heterocycles. The molecule has 0 fully saturated rings. The van der Waals surface area contributed by atoms with Crippen molar-refractivity contribution in [3.05, 3.63) is 11.8 Å². The summed E-state index contributed by atoms with van der Waals surface area (Å²) in [7, 11) is -3.47. The Hall–Kier alpha value is -1.45. The number of nitrogens with two attached hydrogens (primary N) is 2. The summed E-state index contributed by atoms with van der Waals surface area (Å²) in [4.78, 5) is 7.90. The first kappa shape index (κ1) is 12.6. The number of hydrogen-bond donors (Lipinski definition) is 4. The number of nitrogen functional groups attached to an aromatic ring is 1. The largest absolute Gasteiger partial charge is 0.369 e. The van der Waals surface area contributed by atoms with Crippen molar-refractivity contribution in [2.75, 3.05) is 23.0 Å². The Labute approximate surface area is 93.5 Å². The monoisotopic (exact) mass is 246 g/mol. The van der Waals surface area contributed by atoms with E-state index in [0.717, 1.165) is 5.56 Å². The van der Waals surface area contributed by atoms with E-state index in [1.54, 1.807) is 13.1 Å². The lowest BCUT2D eigenvalue weighted by Gasteiger charge is -2.08. The van der Waals surface area contributed by atoms with E-state index in [4.69, 9.17) is 11.0 Å². The minimum absolute atomic E-state index is 0.165. The van der Waals surface area contributed by atoms with E-state index in [1.165, 1.54) is 0 Å². The fourth-order valence-corrected chi connectivity index (χ4v) is 1.39. The number of anilines is 2. The van der Waals surface area contributed by atoms with Gasteiger partial charge in [0.2, 0.25) is 16.0 Å². The number of rotatable bonds is 5. The van der Waals surface area contributed by atoms with Crippen LogP contribution in [0, 0.1) is 6.92 Å². The summed E-state index contributed by atoms with van der Waals surface area (Å²) < 4.78 is 21.4. The average Bonchev–Trinajstić information content (AvgIpc) is 2.19. The lowest BCUT2D eigenvalue weighted by Crippen LogP contribution is -2.23. The number of primary sulfonamides is 1. The zero-order valence-corrected chi connectivity index (χ0v) is 9.58. The van der Waals surface area contributed by atoms with Gasteiger partial charge in [-0.05, 0) is 6.92 Å². The van der Waals surface area contributed by atoms with Crippen LogP contribution in [-0.2, 0) is 10.0 Å². The summed E-state index contributed by atoms with van der Waals surface area (Å²) in [6.45, 7) is 1.97. The molecule has 0 aliphatic carbocycles. The molecule has 1 aromatic rings. The van der Waals surface area contributed by atoms with Gasteiger partial charge >= 0.3 is 0 Å². The van der Waals surface area contributed by atoms with Gasteiger partial charge in [-0.2, -0.15) is 4.98 Å². The number of aryl methyl sites for hydroxylation is 1. The lowest BCUT2D eigenvalue weighted by molar-refractivity contribution is 0.598. The van der Waals surface area contributed by atoms with Gasteiger partial charge in [0.25, 0.3) is 0 Å². The molecule has 0 bridgehead atoms. The van der Waals surface area contributed by atoms with Crippen LogP contribution in [0.2, 0.25) is 0 Å². The summed E-state index contributed by atoms with van der Waals surface area (Å²) >= 11 is 0. The molecule has 0 atom stereocenters. The highest BCUT2D eigenvalue weighted by molar-refractivity contribution is 7.89. The van der Waals surface area contributed by atoms with Crippen LogP contribution in [0.25, 0.3) is 0 Å². The Morgan fingerprint density at radius 2 is 2.19 bits per heavy atom. The molecule has 0 unspecified atom stereocenters. The van der Waals surface area contributed by atoms with E-state index < -0.39 is 10.0 Å². The van der Waals surface area contributed by atoms with Crippen LogP contribution in [0.4, 0.5) is 11.8 Å². The van der Waals surface area contributed by atoms with Gasteiger partial charge in [-0.3, -0.25) is 5.43 Å². The highest BCUT2D eigenvalue weighted by Crippen LogP contribution is 2.11. The molecule has 9 heteroatoms. The Kier molecular flexibility index (Phi) is 3.99. The van der Waals surface area contributed by atoms with Crippen molar-refractivity contribution in [2.24, 2.45) is 11.0 Å². The summed E-state index contributed by atoms with van der Waals surface area (Å²) in [5, 5.41) is 7.70. The second-order valence-corrected chi connectivity index (χ2v) is 4.90. The van der Waals surface area contributed by atoms with E-state index in [0.29, 0.717) is 5.82 Å². The van der Waals surface area contributed by atoms with Gasteiger partial charge < -0.3 is 5.32 Å². The van der Waals surface area contributed by atoms with Crippen LogP contribution < -0.4 is 21.7 Å². The lowest BCUT2D eigenvalue weighted by atomic mass is 10.3. The molecule has 0 saturated carbocycles. The van der Waals surface area contributed by atoms with Gasteiger partial charge in [0.15, 0.2) is 0 Å². The van der Waals surface area contributed by atoms with Gasteiger partial charge in [-0.1, -0.05) is 0 Å². The number of hydrogen-bond acceptors (Lipinski definition) is 7. The van der Waals surface area contributed by atoms with Gasteiger partial charge in [0.1, 0.15) is 5.82 Å². The first-order chi connectivity index (χ1) is 7.42. The molecule has 0 aromatic carbocycles. The molecule has 16 heavy (non-hydrogen) atoms. The van der Waals surface area contributed by atoms with Crippen LogP contribution >= 0.6 is 0 Å². The number of hydrazine groups is 1. The van der Waals surface area contributed by atoms with E-state index in [1.807, 2.05) is 0 Å². The summed E-state index contributed by atoms with van der Waals surface area (Å²) in [6, 6.07) is 0. The van der Waals surface area contributed by atoms with Crippen molar-refractivity contribution >= 4 is 21.8 Å². The zero-order valence-electron chi connectivity index (χ0n) is 8.77. The maximum atomic E-state index is 10.7. The number of sulfonamides is 1. The van der Waals surface area contributed by atoms with Crippen LogP contribution in [0.1, 0.15) is 5.56 Å². The van der Waals surface area contributed by atoms with E-state index in [-0.39, 0.29) is 18.2 Å². The number of nitrogens with one attached hydrogen (secondary N) is 2. The van der Waals surface area contributed by atoms with Crippen LogP contribution in [0.5, 0.6) is 0 Å². The van der Waals surface area contributed by atoms with E-state index in [9.17, 15) is 8.42 Å². The fourth-order valence-electron chi connectivity index (χ4n) is 1.00. The maximum Gasteiger partial charge on any atom is 0.239 e. The van der Waals surface area contributed by atoms with Crippen molar-refractivity contribution in [2.45, 2.75) is 6.92 Å². The van der Waals surface area contributed by atoms with Crippen molar-refractivity contribution in [3.8, 4) is 0 Å². The fraction of sp³-hybridized carbons (Fsp3) is 0.429. The van der Waals surface area contributed by atoms with Crippen LogP contribution in [0.3, 0.4) is 0 Å². The first-order valence-corrected chi connectivity index (χ1v) is 6.18. The molecule has 1 rings (SSSR count). The Morgan fingerprint density at radius 1 is 1.50 bits per heavy atom. The molecule has 0 aliphatic rings. The Morgan fingerprint density at radius 3 is 2.75 bits per heavy atom. The summed E-state index contributed by atoms with van der Waals surface area (Å²) in [6.07, 6.45) is 1.57. The third-order valence-corrected chi connectivity index (χ3v) is 2.55. The van der Waals surface area contributed by atoms with Gasteiger partial charge in [0, 0.05) is 18.3 Å². The molecule has 1 aromatic heterocycles. The molecular weight excluding hydrogens is 232 g/mol. The molecule has 0 radical (unpaired) electrons. The molecule has 0 spiro atoms. The Bertz CT molecular complexity index is 460. The smallest absolute Gasteiger partial charge is 0.239 e. The third-order valence-electron chi connectivity index (χ3n) is 1.78. The topological polar surface area (TPSA) is 136 Å². The van der Waals surface area contributed by atoms with Crippen molar-refractivity contribution < 1.29 is 8.42 Å². The molecule has 0 aliphatic heterocycles. The molecule has 6 N–H and O–H groups in total. The van der Waals surface area contributed by atoms with Crippen molar-refractivity contribution in [1.82, 2.24) is 9.97 Å². The summed E-state index contributed by atoms with van der Waals surface area (Å²) in [5.41, 5.74) is 3.08.